The lowest BCUT2D eigenvalue weighted by Gasteiger charge is -2.16. The molecular formula is C16H16O4P2. The van der Waals surface area contributed by atoms with E-state index in [9.17, 15) is 0 Å². The van der Waals surface area contributed by atoms with Crippen molar-refractivity contribution in [2.24, 2.45) is 0 Å². The van der Waals surface area contributed by atoms with E-state index in [-0.39, 0.29) is 13.6 Å². The number of benzene rings is 2. The largest absolute Gasteiger partial charge is 0.454 e. The Labute approximate surface area is 132 Å². The predicted molar refractivity (Wildman–Crippen MR) is 91.9 cm³/mol. The molecule has 2 aliphatic rings. The molecule has 0 bridgehead atoms. The second-order valence-electron chi connectivity index (χ2n) is 4.94. The molecule has 0 radical (unpaired) electrons. The van der Waals surface area contributed by atoms with E-state index >= 15 is 0 Å². The van der Waals surface area contributed by atoms with Crippen LogP contribution in [0.25, 0.3) is 11.1 Å². The third kappa shape index (κ3) is 2.06. The van der Waals surface area contributed by atoms with Crippen molar-refractivity contribution in [1.29, 1.82) is 0 Å². The van der Waals surface area contributed by atoms with Crippen LogP contribution in [0.2, 0.25) is 0 Å². The highest BCUT2D eigenvalue weighted by Crippen LogP contribution is 2.48. The van der Waals surface area contributed by atoms with Gasteiger partial charge in [-0.15, -0.1) is 0 Å². The van der Waals surface area contributed by atoms with Crippen LogP contribution in [0.4, 0.5) is 0 Å². The normalized spacial score (nSPS) is 15.5. The van der Waals surface area contributed by atoms with Crippen molar-refractivity contribution in [3.8, 4) is 34.1 Å². The summed E-state index contributed by atoms with van der Waals surface area (Å²) in [4.78, 5) is 0. The van der Waals surface area contributed by atoms with Crippen molar-refractivity contribution >= 4 is 27.8 Å². The van der Waals surface area contributed by atoms with Gasteiger partial charge in [0.1, 0.15) is 0 Å². The fourth-order valence-electron chi connectivity index (χ4n) is 2.86. The van der Waals surface area contributed by atoms with Gasteiger partial charge in [-0.05, 0) is 36.1 Å². The molecule has 6 heteroatoms. The number of hydrogen-bond donors (Lipinski definition) is 0. The summed E-state index contributed by atoms with van der Waals surface area (Å²) < 4.78 is 22.7. The fourth-order valence-corrected chi connectivity index (χ4v) is 4.33. The number of rotatable bonds is 3. The first kappa shape index (κ1) is 14.1. The van der Waals surface area contributed by atoms with Crippen molar-refractivity contribution in [3.63, 3.8) is 0 Å². The molecule has 2 aromatic carbocycles. The Bertz CT molecular complexity index is 682. The summed E-state index contributed by atoms with van der Waals surface area (Å²) >= 11 is 0. The maximum absolute atomic E-state index is 5.77. The Morgan fingerprint density at radius 3 is 1.55 bits per heavy atom. The van der Waals surface area contributed by atoms with Gasteiger partial charge >= 0.3 is 0 Å². The monoisotopic (exact) mass is 334 g/mol. The second-order valence-corrected chi connectivity index (χ2v) is 7.02. The van der Waals surface area contributed by atoms with Gasteiger partial charge in [0.05, 0.1) is 0 Å². The summed E-state index contributed by atoms with van der Waals surface area (Å²) in [5.41, 5.74) is 2.20. The lowest BCUT2D eigenvalue weighted by molar-refractivity contribution is 0.173. The minimum atomic E-state index is 0.273. The van der Waals surface area contributed by atoms with Crippen LogP contribution >= 0.6 is 17.2 Å². The van der Waals surface area contributed by atoms with E-state index in [0.29, 0.717) is 17.2 Å². The molecule has 0 saturated carbocycles. The average Bonchev–Trinajstić information content (AvgIpc) is 3.21. The SMILES string of the molecule is CPc1ccc2c(c1-c1c(PC)ccc3c1OCO3)OCO2. The first-order chi connectivity index (χ1) is 10.8. The topological polar surface area (TPSA) is 36.9 Å². The molecule has 0 saturated heterocycles. The molecule has 2 aliphatic heterocycles. The maximum atomic E-state index is 5.77. The Morgan fingerprint density at radius 2 is 1.14 bits per heavy atom. The lowest BCUT2D eigenvalue weighted by Crippen LogP contribution is -2.09. The van der Waals surface area contributed by atoms with E-state index in [1.54, 1.807) is 0 Å². The molecule has 0 aliphatic carbocycles. The Hall–Kier alpha value is -1.50. The van der Waals surface area contributed by atoms with Gasteiger partial charge in [0, 0.05) is 11.1 Å². The van der Waals surface area contributed by atoms with Gasteiger partial charge < -0.3 is 18.9 Å². The van der Waals surface area contributed by atoms with E-state index in [2.05, 4.69) is 25.5 Å². The highest BCUT2D eigenvalue weighted by Gasteiger charge is 2.29. The zero-order valence-electron chi connectivity index (χ0n) is 12.4. The molecular weight excluding hydrogens is 318 g/mol. The molecule has 0 N–H and O–H groups in total. The summed E-state index contributed by atoms with van der Waals surface area (Å²) in [7, 11) is 1.32. The molecule has 114 valence electrons. The first-order valence-corrected chi connectivity index (χ1v) is 10.0. The minimum Gasteiger partial charge on any atom is -0.454 e. The van der Waals surface area contributed by atoms with Crippen LogP contribution in [-0.2, 0) is 0 Å². The molecule has 2 unspecified atom stereocenters. The zero-order valence-corrected chi connectivity index (χ0v) is 14.4. The van der Waals surface area contributed by atoms with Crippen LogP contribution < -0.4 is 29.6 Å². The Kier molecular flexibility index (Phi) is 3.60. The summed E-state index contributed by atoms with van der Waals surface area (Å²) in [5.74, 6) is 3.27. The predicted octanol–water partition coefficient (Wildman–Crippen LogP) is 2.68. The van der Waals surface area contributed by atoms with Gasteiger partial charge in [-0.25, -0.2) is 0 Å². The van der Waals surface area contributed by atoms with E-state index in [0.717, 1.165) is 34.1 Å². The molecule has 0 fully saturated rings. The number of fused-ring (bicyclic) bond motifs is 2. The lowest BCUT2D eigenvalue weighted by atomic mass is 10.0. The minimum absolute atomic E-state index is 0.273. The molecule has 4 nitrogen and oxygen atoms in total. The van der Waals surface area contributed by atoms with E-state index < -0.39 is 0 Å². The van der Waals surface area contributed by atoms with Gasteiger partial charge in [-0.1, -0.05) is 29.3 Å². The van der Waals surface area contributed by atoms with E-state index in [1.807, 2.05) is 12.1 Å². The van der Waals surface area contributed by atoms with Gasteiger partial charge in [0.2, 0.25) is 13.6 Å². The summed E-state index contributed by atoms with van der Waals surface area (Å²) in [6.45, 7) is 4.90. The molecule has 22 heavy (non-hydrogen) atoms. The Balaban J connectivity index is 2.04. The standard InChI is InChI=1S/C16H16O4P2/c1-21-11-5-3-9-15(19-7-17-9)13(11)14-12(22-2)6-4-10-16(14)20-8-18-10/h3-6,21-22H,7-8H2,1-2H3. The van der Waals surface area contributed by atoms with Gasteiger partial charge in [0.25, 0.3) is 0 Å². The highest BCUT2D eigenvalue weighted by molar-refractivity contribution is 7.47. The van der Waals surface area contributed by atoms with E-state index in [1.165, 1.54) is 10.6 Å². The first-order valence-electron chi connectivity index (χ1n) is 7.04. The van der Waals surface area contributed by atoms with Crippen molar-refractivity contribution < 1.29 is 18.9 Å². The van der Waals surface area contributed by atoms with Crippen molar-refractivity contribution in [2.45, 2.75) is 0 Å². The molecule has 0 aromatic heterocycles. The third-order valence-corrected chi connectivity index (χ3v) is 5.78. The number of hydrogen-bond acceptors (Lipinski definition) is 4. The highest BCUT2D eigenvalue weighted by atomic mass is 31.1. The van der Waals surface area contributed by atoms with E-state index in [4.69, 9.17) is 18.9 Å². The molecule has 2 aromatic rings. The van der Waals surface area contributed by atoms with Crippen LogP contribution in [0, 0.1) is 0 Å². The second kappa shape index (κ2) is 5.61. The zero-order chi connectivity index (χ0) is 15.1. The summed E-state index contributed by atoms with van der Waals surface area (Å²) in [6.07, 6.45) is 0. The van der Waals surface area contributed by atoms with Crippen LogP contribution in [-0.4, -0.2) is 26.9 Å². The van der Waals surface area contributed by atoms with Gasteiger partial charge in [-0.3, -0.25) is 0 Å². The Morgan fingerprint density at radius 1 is 0.682 bits per heavy atom. The summed E-state index contributed by atoms with van der Waals surface area (Å²) in [6, 6.07) is 8.23. The molecule has 2 heterocycles. The van der Waals surface area contributed by atoms with Crippen molar-refractivity contribution in [1.82, 2.24) is 0 Å². The van der Waals surface area contributed by atoms with Gasteiger partial charge in [-0.2, -0.15) is 0 Å². The quantitative estimate of drug-likeness (QED) is 0.809. The number of ether oxygens (including phenoxy) is 4. The maximum Gasteiger partial charge on any atom is 0.231 e. The smallest absolute Gasteiger partial charge is 0.231 e. The van der Waals surface area contributed by atoms with Crippen LogP contribution in [0.3, 0.4) is 0 Å². The average molecular weight is 334 g/mol. The van der Waals surface area contributed by atoms with Crippen LogP contribution in [0.5, 0.6) is 23.0 Å². The fraction of sp³-hybridized carbons (Fsp3) is 0.250. The molecule has 2 atom stereocenters. The van der Waals surface area contributed by atoms with Gasteiger partial charge in [0.15, 0.2) is 23.0 Å². The van der Waals surface area contributed by atoms with Crippen molar-refractivity contribution in [2.75, 3.05) is 26.9 Å². The van der Waals surface area contributed by atoms with Crippen LogP contribution in [0.1, 0.15) is 0 Å². The molecule has 4 rings (SSSR count). The molecule has 0 amide bonds. The van der Waals surface area contributed by atoms with Crippen LogP contribution in [0.15, 0.2) is 24.3 Å². The summed E-state index contributed by atoms with van der Waals surface area (Å²) in [5, 5.41) is 2.51. The molecule has 0 spiro atoms. The van der Waals surface area contributed by atoms with Crippen molar-refractivity contribution in [3.05, 3.63) is 24.3 Å². The third-order valence-electron chi connectivity index (χ3n) is 3.87.